The number of amides is 2. The molecule has 2 N–H and O–H groups in total. The molecule has 0 atom stereocenters. The van der Waals surface area contributed by atoms with Crippen LogP contribution in [0.3, 0.4) is 0 Å². The summed E-state index contributed by atoms with van der Waals surface area (Å²) in [7, 11) is 0. The summed E-state index contributed by atoms with van der Waals surface area (Å²) in [5, 5.41) is 6.74. The molecule has 0 aliphatic carbocycles. The van der Waals surface area contributed by atoms with E-state index in [1.54, 1.807) is 42.6 Å². The second kappa shape index (κ2) is 8.53. The molecule has 0 radical (unpaired) electrons. The number of anilines is 1. The maximum absolute atomic E-state index is 12.5. The van der Waals surface area contributed by atoms with Crippen LogP contribution >= 0.6 is 0 Å². The molecule has 1 aromatic heterocycles. The topological polar surface area (TPSA) is 83.5 Å². The smallest absolute Gasteiger partial charge is 0.273 e. The van der Waals surface area contributed by atoms with Crippen molar-refractivity contribution in [1.29, 1.82) is 0 Å². The maximum Gasteiger partial charge on any atom is 0.273 e. The van der Waals surface area contributed by atoms with Gasteiger partial charge in [-0.05, 0) is 36.8 Å². The summed E-state index contributed by atoms with van der Waals surface area (Å²) in [5.41, 5.74) is 5.66. The summed E-state index contributed by atoms with van der Waals surface area (Å²) in [6.45, 7) is 1.98. The average Bonchev–Trinajstić information content (AvgIpc) is 2.69. The first kappa shape index (κ1) is 18.0. The first-order valence-electron chi connectivity index (χ1n) is 8.34. The first-order chi connectivity index (χ1) is 13.1. The van der Waals surface area contributed by atoms with Crippen LogP contribution in [0.5, 0.6) is 0 Å². The Kier molecular flexibility index (Phi) is 5.69. The summed E-state index contributed by atoms with van der Waals surface area (Å²) in [5.74, 6) is -0.731. The van der Waals surface area contributed by atoms with Crippen LogP contribution in [-0.2, 0) is 0 Å². The van der Waals surface area contributed by atoms with Crippen molar-refractivity contribution in [3.63, 3.8) is 0 Å². The zero-order valence-corrected chi connectivity index (χ0v) is 14.7. The van der Waals surface area contributed by atoms with Gasteiger partial charge in [0.2, 0.25) is 0 Å². The number of benzene rings is 2. The fourth-order valence-corrected chi connectivity index (χ4v) is 2.46. The molecule has 0 aliphatic heterocycles. The molecule has 27 heavy (non-hydrogen) atoms. The van der Waals surface area contributed by atoms with Crippen LogP contribution in [0.2, 0.25) is 0 Å². The molecule has 0 spiro atoms. The van der Waals surface area contributed by atoms with Crippen LogP contribution in [0.1, 0.15) is 31.8 Å². The van der Waals surface area contributed by atoms with E-state index in [-0.39, 0.29) is 5.91 Å². The fraction of sp³-hybridized carbons (Fsp3) is 0.0476. The van der Waals surface area contributed by atoms with E-state index in [2.05, 4.69) is 20.8 Å². The quantitative estimate of drug-likeness (QED) is 0.541. The number of para-hydroxylation sites is 1. The Morgan fingerprint density at radius 3 is 2.52 bits per heavy atom. The number of nitrogens with one attached hydrogen (secondary N) is 2. The van der Waals surface area contributed by atoms with Crippen molar-refractivity contribution in [2.45, 2.75) is 6.92 Å². The largest absolute Gasteiger partial charge is 0.321 e. The zero-order valence-electron chi connectivity index (χ0n) is 14.7. The van der Waals surface area contributed by atoms with Crippen molar-refractivity contribution in [3.8, 4) is 0 Å². The molecule has 1 heterocycles. The van der Waals surface area contributed by atoms with Crippen molar-refractivity contribution in [1.82, 2.24) is 10.4 Å². The first-order valence-corrected chi connectivity index (χ1v) is 8.34. The van der Waals surface area contributed by atoms with Crippen molar-refractivity contribution in [2.24, 2.45) is 5.10 Å². The van der Waals surface area contributed by atoms with E-state index in [9.17, 15) is 9.59 Å². The number of rotatable bonds is 5. The molecule has 0 fully saturated rings. The van der Waals surface area contributed by atoms with Gasteiger partial charge < -0.3 is 5.32 Å². The zero-order chi connectivity index (χ0) is 19.1. The summed E-state index contributed by atoms with van der Waals surface area (Å²) in [6.07, 6.45) is 4.64. The molecule has 3 aromatic rings. The summed E-state index contributed by atoms with van der Waals surface area (Å²) in [4.78, 5) is 28.7. The lowest BCUT2D eigenvalue weighted by Gasteiger charge is -2.10. The van der Waals surface area contributed by atoms with Crippen molar-refractivity contribution < 1.29 is 9.59 Å². The minimum atomic E-state index is -0.412. The Hall–Kier alpha value is -3.80. The van der Waals surface area contributed by atoms with Gasteiger partial charge in [-0.3, -0.25) is 14.6 Å². The number of aromatic nitrogens is 1. The normalized spacial score (nSPS) is 10.6. The van der Waals surface area contributed by atoms with Gasteiger partial charge in [0.1, 0.15) is 0 Å². The molecule has 134 valence electrons. The Labute approximate surface area is 157 Å². The molecular weight excluding hydrogens is 340 g/mol. The van der Waals surface area contributed by atoms with Gasteiger partial charge in [0, 0.05) is 18.0 Å². The number of carbonyl (C=O) groups is 2. The molecule has 2 aromatic carbocycles. The highest BCUT2D eigenvalue weighted by Crippen LogP contribution is 2.16. The second-order valence-electron chi connectivity index (χ2n) is 5.85. The molecule has 0 bridgehead atoms. The molecule has 3 rings (SSSR count). The van der Waals surface area contributed by atoms with Crippen LogP contribution in [0.15, 0.2) is 78.2 Å². The molecule has 2 amide bonds. The van der Waals surface area contributed by atoms with E-state index < -0.39 is 5.91 Å². The second-order valence-corrected chi connectivity index (χ2v) is 5.85. The average molecular weight is 358 g/mol. The Balaban J connectivity index is 1.71. The summed E-state index contributed by atoms with van der Waals surface area (Å²) in [6, 6.07) is 17.7. The lowest BCUT2D eigenvalue weighted by Crippen LogP contribution is -2.21. The van der Waals surface area contributed by atoms with Gasteiger partial charge in [0.25, 0.3) is 11.8 Å². The predicted octanol–water partition coefficient (Wildman–Crippen LogP) is 3.41. The van der Waals surface area contributed by atoms with Gasteiger partial charge >= 0.3 is 0 Å². The Morgan fingerprint density at radius 1 is 0.963 bits per heavy atom. The van der Waals surface area contributed by atoms with Crippen LogP contribution in [0.25, 0.3) is 0 Å². The Morgan fingerprint density at radius 2 is 1.74 bits per heavy atom. The lowest BCUT2D eigenvalue weighted by molar-refractivity contribution is 0.0956. The summed E-state index contributed by atoms with van der Waals surface area (Å²) < 4.78 is 0. The summed E-state index contributed by atoms with van der Waals surface area (Å²) >= 11 is 0. The van der Waals surface area contributed by atoms with E-state index in [0.717, 1.165) is 11.1 Å². The molecular formula is C21H18N4O2. The van der Waals surface area contributed by atoms with Gasteiger partial charge in [0.05, 0.1) is 17.5 Å². The lowest BCUT2D eigenvalue weighted by atomic mass is 10.1. The Bertz CT molecular complexity index is 984. The number of aryl methyl sites for hydroxylation is 1. The van der Waals surface area contributed by atoms with E-state index in [1.165, 1.54) is 12.4 Å². The van der Waals surface area contributed by atoms with Crippen LogP contribution in [-0.4, -0.2) is 23.0 Å². The predicted molar refractivity (Wildman–Crippen MR) is 105 cm³/mol. The number of pyridine rings is 1. The van der Waals surface area contributed by atoms with Crippen LogP contribution in [0, 0.1) is 6.92 Å². The molecule has 0 aliphatic rings. The molecule has 6 heteroatoms. The van der Waals surface area contributed by atoms with Gasteiger partial charge in [-0.25, -0.2) is 5.43 Å². The molecule has 0 saturated heterocycles. The molecule has 0 unspecified atom stereocenters. The van der Waals surface area contributed by atoms with Gasteiger partial charge in [0.15, 0.2) is 0 Å². The fourth-order valence-electron chi connectivity index (χ4n) is 2.46. The van der Waals surface area contributed by atoms with Gasteiger partial charge in [-0.1, -0.05) is 42.0 Å². The highest BCUT2D eigenvalue weighted by atomic mass is 16.2. The third-order valence-corrected chi connectivity index (χ3v) is 3.78. The monoisotopic (exact) mass is 358 g/mol. The van der Waals surface area contributed by atoms with Gasteiger partial charge in [-0.15, -0.1) is 0 Å². The van der Waals surface area contributed by atoms with Crippen LogP contribution in [0.4, 0.5) is 5.69 Å². The third kappa shape index (κ3) is 4.85. The minimum absolute atomic E-state index is 0.319. The number of carbonyl (C=O) groups excluding carboxylic acids is 2. The number of hydrogen-bond donors (Lipinski definition) is 2. The highest BCUT2D eigenvalue weighted by Gasteiger charge is 2.13. The van der Waals surface area contributed by atoms with Crippen molar-refractivity contribution in [3.05, 3.63) is 95.3 Å². The molecule has 6 nitrogen and oxygen atoms in total. The molecule has 0 saturated carbocycles. The SMILES string of the molecule is Cc1cccc(C=NNC(=O)c2ccccc2NC(=O)c2ccncc2)c1. The highest BCUT2D eigenvalue weighted by molar-refractivity contribution is 6.09. The van der Waals surface area contributed by atoms with Gasteiger partial charge in [-0.2, -0.15) is 5.10 Å². The van der Waals surface area contributed by atoms with E-state index >= 15 is 0 Å². The standard InChI is InChI=1S/C21H18N4O2/c1-15-5-4-6-16(13-15)14-23-25-21(27)18-7-2-3-8-19(18)24-20(26)17-9-11-22-12-10-17/h2-14H,1H3,(H,24,26)(H,25,27). The van der Waals surface area contributed by atoms with E-state index in [4.69, 9.17) is 0 Å². The third-order valence-electron chi connectivity index (χ3n) is 3.78. The maximum atomic E-state index is 12.5. The minimum Gasteiger partial charge on any atom is -0.321 e. The number of hydrazone groups is 1. The number of hydrogen-bond acceptors (Lipinski definition) is 4. The number of nitrogens with zero attached hydrogens (tertiary/aromatic N) is 2. The van der Waals surface area contributed by atoms with E-state index in [1.807, 2.05) is 31.2 Å². The van der Waals surface area contributed by atoms with Crippen LogP contribution < -0.4 is 10.7 Å². The van der Waals surface area contributed by atoms with Crippen molar-refractivity contribution >= 4 is 23.7 Å². The van der Waals surface area contributed by atoms with Crippen molar-refractivity contribution in [2.75, 3.05) is 5.32 Å². The van der Waals surface area contributed by atoms with E-state index in [0.29, 0.717) is 16.8 Å².